The van der Waals surface area contributed by atoms with Crippen LogP contribution < -0.4 is 0 Å². The van der Waals surface area contributed by atoms with Crippen LogP contribution in [0.15, 0.2) is 59.5 Å². The Hall–Kier alpha value is -1.69. The van der Waals surface area contributed by atoms with Crippen LogP contribution in [0, 0.1) is 11.8 Å². The van der Waals surface area contributed by atoms with Crippen molar-refractivity contribution in [3.8, 4) is 11.8 Å². The van der Waals surface area contributed by atoms with Gasteiger partial charge in [-0.1, -0.05) is 48.2 Å². The molecule has 0 aliphatic carbocycles. The summed E-state index contributed by atoms with van der Waals surface area (Å²) in [7, 11) is 0. The van der Waals surface area contributed by atoms with Crippen molar-refractivity contribution >= 4 is 11.8 Å². The lowest BCUT2D eigenvalue weighted by atomic mass is 9.96. The van der Waals surface area contributed by atoms with Crippen LogP contribution >= 0.6 is 11.8 Å². The molecule has 0 radical (unpaired) electrons. The van der Waals surface area contributed by atoms with Gasteiger partial charge in [-0.05, 0) is 36.9 Å². The van der Waals surface area contributed by atoms with E-state index in [1.165, 1.54) is 4.90 Å². The van der Waals surface area contributed by atoms with Crippen molar-refractivity contribution in [2.75, 3.05) is 6.26 Å². The molecular formula is C17H16OS. The van der Waals surface area contributed by atoms with Crippen molar-refractivity contribution in [3.05, 3.63) is 65.7 Å². The van der Waals surface area contributed by atoms with Crippen molar-refractivity contribution in [2.45, 2.75) is 17.4 Å². The van der Waals surface area contributed by atoms with Crippen LogP contribution in [0.5, 0.6) is 0 Å². The van der Waals surface area contributed by atoms with Gasteiger partial charge < -0.3 is 5.11 Å². The Morgan fingerprint density at radius 1 is 1.05 bits per heavy atom. The lowest BCUT2D eigenvalue weighted by Crippen LogP contribution is -2.18. The Labute approximate surface area is 118 Å². The van der Waals surface area contributed by atoms with E-state index in [0.29, 0.717) is 0 Å². The molecule has 0 saturated carbocycles. The summed E-state index contributed by atoms with van der Waals surface area (Å²) in [6, 6.07) is 17.5. The number of hydrogen-bond donors (Lipinski definition) is 1. The average Bonchev–Trinajstić information content (AvgIpc) is 2.46. The van der Waals surface area contributed by atoms with E-state index in [4.69, 9.17) is 0 Å². The molecule has 0 aliphatic heterocycles. The van der Waals surface area contributed by atoms with Crippen molar-refractivity contribution in [1.29, 1.82) is 0 Å². The van der Waals surface area contributed by atoms with Gasteiger partial charge in [-0.3, -0.25) is 0 Å². The van der Waals surface area contributed by atoms with Gasteiger partial charge in [0.1, 0.15) is 5.60 Å². The lowest BCUT2D eigenvalue weighted by Gasteiger charge is -2.16. The fraction of sp³-hybridized carbons (Fsp3) is 0.176. The van der Waals surface area contributed by atoms with Gasteiger partial charge in [0.05, 0.1) is 0 Å². The molecule has 0 aromatic heterocycles. The van der Waals surface area contributed by atoms with E-state index in [1.807, 2.05) is 60.9 Å². The van der Waals surface area contributed by atoms with Gasteiger partial charge in [0.15, 0.2) is 0 Å². The second-order valence-corrected chi connectivity index (χ2v) is 5.30. The Morgan fingerprint density at radius 2 is 1.79 bits per heavy atom. The maximum atomic E-state index is 10.4. The fourth-order valence-electron chi connectivity index (χ4n) is 1.73. The van der Waals surface area contributed by atoms with E-state index >= 15 is 0 Å². The highest BCUT2D eigenvalue weighted by Crippen LogP contribution is 2.20. The summed E-state index contributed by atoms with van der Waals surface area (Å²) >= 11 is 1.68. The van der Waals surface area contributed by atoms with Crippen LogP contribution in [-0.2, 0) is 5.60 Å². The van der Waals surface area contributed by atoms with E-state index in [2.05, 4.69) is 11.8 Å². The molecule has 0 saturated heterocycles. The number of thioether (sulfide) groups is 1. The molecule has 0 spiro atoms. The molecule has 96 valence electrons. The van der Waals surface area contributed by atoms with E-state index in [1.54, 1.807) is 18.7 Å². The Balaban J connectivity index is 2.27. The molecule has 2 aromatic carbocycles. The minimum atomic E-state index is -1.13. The Bertz CT molecular complexity index is 606. The van der Waals surface area contributed by atoms with E-state index in [0.717, 1.165) is 11.1 Å². The third kappa shape index (κ3) is 3.64. The zero-order valence-electron chi connectivity index (χ0n) is 11.1. The van der Waals surface area contributed by atoms with Crippen molar-refractivity contribution < 1.29 is 5.11 Å². The highest BCUT2D eigenvalue weighted by Gasteiger charge is 2.18. The quantitative estimate of drug-likeness (QED) is 0.662. The topological polar surface area (TPSA) is 20.2 Å². The van der Waals surface area contributed by atoms with Crippen molar-refractivity contribution in [1.82, 2.24) is 0 Å². The fourth-order valence-corrected chi connectivity index (χ4v) is 2.19. The molecule has 2 aromatic rings. The van der Waals surface area contributed by atoms with E-state index in [9.17, 15) is 5.11 Å². The minimum absolute atomic E-state index is 0.809. The highest BCUT2D eigenvalue weighted by molar-refractivity contribution is 7.98. The van der Waals surface area contributed by atoms with Gasteiger partial charge in [-0.25, -0.2) is 0 Å². The van der Waals surface area contributed by atoms with Crippen LogP contribution in [0.1, 0.15) is 18.1 Å². The second kappa shape index (κ2) is 5.97. The van der Waals surface area contributed by atoms with Crippen LogP contribution in [-0.4, -0.2) is 11.4 Å². The predicted molar refractivity (Wildman–Crippen MR) is 81.1 cm³/mol. The molecule has 0 aliphatic rings. The normalized spacial score (nSPS) is 13.2. The van der Waals surface area contributed by atoms with Crippen molar-refractivity contribution in [2.24, 2.45) is 0 Å². The SMILES string of the molecule is CSc1cccc(C#CC(C)(O)c2ccccc2)c1. The molecular weight excluding hydrogens is 252 g/mol. The molecule has 19 heavy (non-hydrogen) atoms. The molecule has 2 rings (SSSR count). The van der Waals surface area contributed by atoms with Gasteiger partial charge in [0.2, 0.25) is 0 Å². The first-order valence-electron chi connectivity index (χ1n) is 6.07. The molecule has 1 unspecified atom stereocenters. The predicted octanol–water partition coefficient (Wildman–Crippen LogP) is 3.67. The largest absolute Gasteiger partial charge is 0.374 e. The molecule has 0 heterocycles. The summed E-state index contributed by atoms with van der Waals surface area (Å²) in [6.45, 7) is 1.72. The third-order valence-corrected chi connectivity index (χ3v) is 3.58. The highest BCUT2D eigenvalue weighted by atomic mass is 32.2. The zero-order valence-corrected chi connectivity index (χ0v) is 11.9. The number of aliphatic hydroxyl groups is 1. The zero-order chi connectivity index (χ0) is 13.7. The summed E-state index contributed by atoms with van der Waals surface area (Å²) in [5.41, 5.74) is 0.600. The molecule has 1 atom stereocenters. The number of benzene rings is 2. The van der Waals surface area contributed by atoms with Crippen LogP contribution in [0.25, 0.3) is 0 Å². The van der Waals surface area contributed by atoms with Crippen LogP contribution in [0.4, 0.5) is 0 Å². The summed E-state index contributed by atoms with van der Waals surface area (Å²) in [4.78, 5) is 1.17. The van der Waals surface area contributed by atoms with Gasteiger partial charge >= 0.3 is 0 Å². The standard InChI is InChI=1S/C17H16OS/c1-17(18,15-8-4-3-5-9-15)12-11-14-7-6-10-16(13-14)19-2/h3-10,13,18H,1-2H3. The summed E-state index contributed by atoms with van der Waals surface area (Å²) in [6.07, 6.45) is 2.03. The van der Waals surface area contributed by atoms with Gasteiger partial charge in [0, 0.05) is 10.5 Å². The molecule has 0 fully saturated rings. The first-order valence-corrected chi connectivity index (χ1v) is 7.29. The molecule has 0 amide bonds. The minimum Gasteiger partial charge on any atom is -0.374 e. The number of rotatable bonds is 2. The summed E-state index contributed by atoms with van der Waals surface area (Å²) in [5, 5.41) is 10.4. The Kier molecular flexibility index (Phi) is 4.31. The van der Waals surface area contributed by atoms with Gasteiger partial charge in [-0.2, -0.15) is 0 Å². The lowest BCUT2D eigenvalue weighted by molar-refractivity contribution is 0.122. The molecule has 0 bridgehead atoms. The first-order chi connectivity index (χ1) is 9.12. The molecule has 1 nitrogen and oxygen atoms in total. The number of hydrogen-bond acceptors (Lipinski definition) is 2. The molecule has 1 N–H and O–H groups in total. The maximum Gasteiger partial charge on any atom is 0.148 e. The van der Waals surface area contributed by atoms with Crippen LogP contribution in [0.2, 0.25) is 0 Å². The molecule has 2 heteroatoms. The van der Waals surface area contributed by atoms with Crippen molar-refractivity contribution in [3.63, 3.8) is 0 Å². The van der Waals surface area contributed by atoms with Gasteiger partial charge in [-0.15, -0.1) is 11.8 Å². The van der Waals surface area contributed by atoms with E-state index < -0.39 is 5.60 Å². The average molecular weight is 268 g/mol. The van der Waals surface area contributed by atoms with Crippen LogP contribution in [0.3, 0.4) is 0 Å². The summed E-state index contributed by atoms with van der Waals surface area (Å²) < 4.78 is 0. The smallest absolute Gasteiger partial charge is 0.148 e. The van der Waals surface area contributed by atoms with Gasteiger partial charge in [0.25, 0.3) is 0 Å². The third-order valence-electron chi connectivity index (χ3n) is 2.86. The Morgan fingerprint density at radius 3 is 2.47 bits per heavy atom. The first kappa shape index (κ1) is 13.7. The summed E-state index contributed by atoms with van der Waals surface area (Å²) in [5.74, 6) is 5.98. The second-order valence-electron chi connectivity index (χ2n) is 4.42. The monoisotopic (exact) mass is 268 g/mol. The van der Waals surface area contributed by atoms with E-state index in [-0.39, 0.29) is 0 Å². The maximum absolute atomic E-state index is 10.4.